The standard InChI is InChI=1S/C18H20N4O5S/c1-28(26,27)21-12-10-20(11-13-21)17-5-3-2-4-16(17)19-18(23)14-6-8-15(9-7-14)22(24)25/h2-9H,10-13H2,1H3,(H,19,23). The van der Waals surface area contributed by atoms with Gasteiger partial charge in [0.2, 0.25) is 10.0 Å². The zero-order chi connectivity index (χ0) is 20.3. The normalized spacial score (nSPS) is 15.2. The van der Waals surface area contributed by atoms with Crippen molar-refractivity contribution in [2.24, 2.45) is 0 Å². The van der Waals surface area contributed by atoms with Crippen molar-refractivity contribution in [2.45, 2.75) is 0 Å². The number of nitrogens with zero attached hydrogens (tertiary/aromatic N) is 3. The number of carbonyl (C=O) groups excluding carboxylic acids is 1. The van der Waals surface area contributed by atoms with E-state index in [0.29, 0.717) is 37.4 Å². The number of para-hydroxylation sites is 2. The van der Waals surface area contributed by atoms with Crippen LogP contribution in [0, 0.1) is 10.1 Å². The Morgan fingerprint density at radius 1 is 1.04 bits per heavy atom. The maximum atomic E-state index is 12.5. The maximum Gasteiger partial charge on any atom is 0.269 e. The third kappa shape index (κ3) is 4.46. The molecule has 9 nitrogen and oxygen atoms in total. The molecule has 1 fully saturated rings. The molecule has 1 heterocycles. The zero-order valence-corrected chi connectivity index (χ0v) is 16.1. The Bertz CT molecular complexity index is 983. The number of nitro groups is 1. The molecule has 1 aliphatic rings. The topological polar surface area (TPSA) is 113 Å². The van der Waals surface area contributed by atoms with E-state index >= 15 is 0 Å². The van der Waals surface area contributed by atoms with Crippen molar-refractivity contribution >= 4 is 33.0 Å². The summed E-state index contributed by atoms with van der Waals surface area (Å²) >= 11 is 0. The van der Waals surface area contributed by atoms with Gasteiger partial charge in [0.1, 0.15) is 0 Å². The highest BCUT2D eigenvalue weighted by atomic mass is 32.2. The van der Waals surface area contributed by atoms with Crippen molar-refractivity contribution in [3.05, 3.63) is 64.2 Å². The first kappa shape index (κ1) is 19.8. The number of hydrogen-bond donors (Lipinski definition) is 1. The highest BCUT2D eigenvalue weighted by Crippen LogP contribution is 2.27. The largest absolute Gasteiger partial charge is 0.367 e. The van der Waals surface area contributed by atoms with Gasteiger partial charge in [-0.1, -0.05) is 12.1 Å². The Morgan fingerprint density at radius 3 is 2.21 bits per heavy atom. The first-order chi connectivity index (χ1) is 13.3. The van der Waals surface area contributed by atoms with E-state index in [1.54, 1.807) is 12.1 Å². The molecule has 2 aromatic rings. The number of amides is 1. The summed E-state index contributed by atoms with van der Waals surface area (Å²) < 4.78 is 24.8. The van der Waals surface area contributed by atoms with Crippen LogP contribution >= 0.6 is 0 Å². The van der Waals surface area contributed by atoms with Crippen LogP contribution in [0.4, 0.5) is 17.1 Å². The van der Waals surface area contributed by atoms with E-state index in [1.807, 2.05) is 17.0 Å². The molecule has 0 aliphatic carbocycles. The quantitative estimate of drug-likeness (QED) is 0.602. The summed E-state index contributed by atoms with van der Waals surface area (Å²) in [6.45, 7) is 1.78. The van der Waals surface area contributed by atoms with E-state index in [-0.39, 0.29) is 11.6 Å². The number of rotatable bonds is 5. The minimum absolute atomic E-state index is 0.0827. The lowest BCUT2D eigenvalue weighted by atomic mass is 10.1. The van der Waals surface area contributed by atoms with Crippen LogP contribution < -0.4 is 10.2 Å². The molecule has 1 N–H and O–H groups in total. The number of hydrogen-bond acceptors (Lipinski definition) is 6. The lowest BCUT2D eigenvalue weighted by molar-refractivity contribution is -0.384. The van der Waals surface area contributed by atoms with Gasteiger partial charge in [0.25, 0.3) is 11.6 Å². The van der Waals surface area contributed by atoms with Crippen LogP contribution in [0.1, 0.15) is 10.4 Å². The van der Waals surface area contributed by atoms with Gasteiger partial charge in [0.05, 0.1) is 22.6 Å². The Labute approximate surface area is 162 Å². The minimum atomic E-state index is -3.22. The third-order valence-electron chi connectivity index (χ3n) is 4.54. The summed E-state index contributed by atoms with van der Waals surface area (Å²) in [5, 5.41) is 13.6. The van der Waals surface area contributed by atoms with Crippen molar-refractivity contribution in [3.8, 4) is 0 Å². The molecule has 0 unspecified atom stereocenters. The van der Waals surface area contributed by atoms with Gasteiger partial charge >= 0.3 is 0 Å². The highest BCUT2D eigenvalue weighted by molar-refractivity contribution is 7.88. The van der Waals surface area contributed by atoms with Crippen LogP contribution in [0.15, 0.2) is 48.5 Å². The highest BCUT2D eigenvalue weighted by Gasteiger charge is 2.25. The third-order valence-corrected chi connectivity index (χ3v) is 5.84. The summed E-state index contributed by atoms with van der Waals surface area (Å²) in [5.74, 6) is -0.378. The van der Waals surface area contributed by atoms with Gasteiger partial charge in [-0.25, -0.2) is 8.42 Å². The van der Waals surface area contributed by atoms with Crippen LogP contribution in [-0.2, 0) is 10.0 Å². The molecular weight excluding hydrogens is 384 g/mol. The fraction of sp³-hybridized carbons (Fsp3) is 0.278. The molecule has 0 aromatic heterocycles. The summed E-state index contributed by atoms with van der Waals surface area (Å²) in [5.41, 5.74) is 1.62. The van der Waals surface area contributed by atoms with Gasteiger partial charge in [-0.2, -0.15) is 4.31 Å². The van der Waals surface area contributed by atoms with E-state index in [0.717, 1.165) is 5.69 Å². The summed E-state index contributed by atoms with van der Waals surface area (Å²) in [6.07, 6.45) is 1.20. The molecule has 0 bridgehead atoms. The molecule has 0 spiro atoms. The molecule has 0 atom stereocenters. The number of piperazine rings is 1. The van der Waals surface area contributed by atoms with Crippen molar-refractivity contribution < 1.29 is 18.1 Å². The van der Waals surface area contributed by atoms with Gasteiger partial charge in [-0.05, 0) is 24.3 Å². The first-order valence-electron chi connectivity index (χ1n) is 8.60. The molecule has 3 rings (SSSR count). The summed E-state index contributed by atoms with van der Waals surface area (Å²) in [6, 6.07) is 12.6. The van der Waals surface area contributed by atoms with Crippen LogP contribution in [0.3, 0.4) is 0 Å². The number of carbonyl (C=O) groups is 1. The van der Waals surface area contributed by atoms with Crippen molar-refractivity contribution in [3.63, 3.8) is 0 Å². The van der Waals surface area contributed by atoms with Crippen LogP contribution in [0.5, 0.6) is 0 Å². The Kier molecular flexibility index (Phi) is 5.61. The van der Waals surface area contributed by atoms with Crippen molar-refractivity contribution in [1.29, 1.82) is 0 Å². The van der Waals surface area contributed by atoms with Crippen LogP contribution in [0.2, 0.25) is 0 Å². The number of nitro benzene ring substituents is 1. The summed E-state index contributed by atoms with van der Waals surface area (Å²) in [7, 11) is -3.22. The average Bonchev–Trinajstić information content (AvgIpc) is 2.68. The Morgan fingerprint density at radius 2 is 1.64 bits per heavy atom. The number of non-ortho nitro benzene ring substituents is 1. The molecule has 2 aromatic carbocycles. The number of nitrogens with one attached hydrogen (secondary N) is 1. The monoisotopic (exact) mass is 404 g/mol. The molecule has 28 heavy (non-hydrogen) atoms. The lowest BCUT2D eigenvalue weighted by Gasteiger charge is -2.35. The number of sulfonamides is 1. The van der Waals surface area contributed by atoms with E-state index in [2.05, 4.69) is 5.32 Å². The number of anilines is 2. The Balaban J connectivity index is 1.74. The molecule has 0 radical (unpaired) electrons. The minimum Gasteiger partial charge on any atom is -0.367 e. The molecule has 1 saturated heterocycles. The fourth-order valence-corrected chi connectivity index (χ4v) is 3.87. The summed E-state index contributed by atoms with van der Waals surface area (Å²) in [4.78, 5) is 24.8. The molecule has 1 amide bonds. The van der Waals surface area contributed by atoms with Gasteiger partial charge in [0.15, 0.2) is 0 Å². The van der Waals surface area contributed by atoms with Gasteiger partial charge < -0.3 is 10.2 Å². The fourth-order valence-electron chi connectivity index (χ4n) is 3.04. The maximum absolute atomic E-state index is 12.5. The molecule has 10 heteroatoms. The van der Waals surface area contributed by atoms with Gasteiger partial charge in [0, 0.05) is 43.9 Å². The molecule has 148 valence electrons. The second-order valence-electron chi connectivity index (χ2n) is 6.42. The van der Waals surface area contributed by atoms with E-state index < -0.39 is 14.9 Å². The predicted octanol–water partition coefficient (Wildman–Crippen LogP) is 1.93. The van der Waals surface area contributed by atoms with E-state index in [9.17, 15) is 23.3 Å². The van der Waals surface area contributed by atoms with Crippen molar-refractivity contribution in [1.82, 2.24) is 4.31 Å². The van der Waals surface area contributed by atoms with E-state index in [1.165, 1.54) is 34.8 Å². The second kappa shape index (κ2) is 7.95. The SMILES string of the molecule is CS(=O)(=O)N1CCN(c2ccccc2NC(=O)c2ccc([N+](=O)[O-])cc2)CC1. The zero-order valence-electron chi connectivity index (χ0n) is 15.2. The first-order valence-corrected chi connectivity index (χ1v) is 10.5. The number of benzene rings is 2. The average molecular weight is 404 g/mol. The Hall–Kier alpha value is -2.98. The second-order valence-corrected chi connectivity index (χ2v) is 8.41. The van der Waals surface area contributed by atoms with E-state index in [4.69, 9.17) is 0 Å². The van der Waals surface area contributed by atoms with Gasteiger partial charge in [-0.15, -0.1) is 0 Å². The lowest BCUT2D eigenvalue weighted by Crippen LogP contribution is -2.48. The molecule has 0 saturated carbocycles. The smallest absolute Gasteiger partial charge is 0.269 e. The van der Waals surface area contributed by atoms with Crippen LogP contribution in [0.25, 0.3) is 0 Å². The molecular formula is C18H20N4O5S. The van der Waals surface area contributed by atoms with Gasteiger partial charge in [-0.3, -0.25) is 14.9 Å². The molecule has 1 aliphatic heterocycles. The predicted molar refractivity (Wildman–Crippen MR) is 106 cm³/mol. The van der Waals surface area contributed by atoms with Crippen LogP contribution in [-0.4, -0.2) is 56.0 Å². The van der Waals surface area contributed by atoms with Crippen molar-refractivity contribution in [2.75, 3.05) is 42.7 Å².